The smallest absolute Gasteiger partial charge is 0.137 e. The summed E-state index contributed by atoms with van der Waals surface area (Å²) in [6.07, 6.45) is -0.00833. The molecule has 0 amide bonds. The molecule has 1 atom stereocenters. The molecule has 0 radical (unpaired) electrons. The van der Waals surface area contributed by atoms with Crippen molar-refractivity contribution in [2.45, 2.75) is 40.7 Å². The van der Waals surface area contributed by atoms with Crippen LogP contribution in [0, 0.1) is 24.4 Å². The maximum atomic E-state index is 5.70. The third-order valence-corrected chi connectivity index (χ3v) is 3.04. The second-order valence-corrected chi connectivity index (χ2v) is 4.68. The summed E-state index contributed by atoms with van der Waals surface area (Å²) in [6, 6.07) is 0. The van der Waals surface area contributed by atoms with Crippen LogP contribution in [0.3, 0.4) is 0 Å². The molecule has 90 valence electrons. The molecule has 0 aromatic carbocycles. The van der Waals surface area contributed by atoms with E-state index in [4.69, 9.17) is 17.0 Å². The van der Waals surface area contributed by atoms with Crippen molar-refractivity contribution in [1.82, 2.24) is 9.97 Å². The summed E-state index contributed by atoms with van der Waals surface area (Å²) in [5.74, 6) is 1.21. The van der Waals surface area contributed by atoms with E-state index in [9.17, 15) is 0 Å². The standard InChI is InChI=1S/C12H20N2OS/c1-6-15-10(7(2)3)11-13-9(5)8(4)12(16)14-11/h7,10H,6H2,1-5H3,(H,13,14,16). The number of nitrogens with one attached hydrogen (secondary N) is 1. The van der Waals surface area contributed by atoms with Gasteiger partial charge < -0.3 is 9.72 Å². The number of ether oxygens (including phenoxy) is 1. The van der Waals surface area contributed by atoms with Crippen molar-refractivity contribution in [2.24, 2.45) is 5.92 Å². The quantitative estimate of drug-likeness (QED) is 0.819. The van der Waals surface area contributed by atoms with Gasteiger partial charge in [-0.3, -0.25) is 0 Å². The summed E-state index contributed by atoms with van der Waals surface area (Å²) < 4.78 is 6.36. The lowest BCUT2D eigenvalue weighted by Crippen LogP contribution is -2.15. The molecule has 0 bridgehead atoms. The minimum absolute atomic E-state index is 0.00833. The Bertz CT molecular complexity index is 412. The number of nitrogens with zero attached hydrogens (tertiary/aromatic N) is 1. The van der Waals surface area contributed by atoms with Crippen molar-refractivity contribution >= 4 is 12.2 Å². The van der Waals surface area contributed by atoms with Crippen molar-refractivity contribution in [3.05, 3.63) is 21.7 Å². The molecule has 0 spiro atoms. The highest BCUT2D eigenvalue weighted by molar-refractivity contribution is 7.71. The van der Waals surface area contributed by atoms with E-state index in [0.29, 0.717) is 17.2 Å². The van der Waals surface area contributed by atoms with E-state index in [-0.39, 0.29) is 6.10 Å². The van der Waals surface area contributed by atoms with Gasteiger partial charge >= 0.3 is 0 Å². The van der Waals surface area contributed by atoms with Gasteiger partial charge in [-0.05, 0) is 26.7 Å². The van der Waals surface area contributed by atoms with Crippen LogP contribution in [0.2, 0.25) is 0 Å². The van der Waals surface area contributed by atoms with E-state index in [1.165, 1.54) is 0 Å². The summed E-state index contributed by atoms with van der Waals surface area (Å²) in [7, 11) is 0. The molecule has 0 fully saturated rings. The van der Waals surface area contributed by atoms with Crippen LogP contribution in [0.25, 0.3) is 0 Å². The van der Waals surface area contributed by atoms with Gasteiger partial charge in [0, 0.05) is 17.9 Å². The first-order valence-corrected chi connectivity index (χ1v) is 6.07. The summed E-state index contributed by atoms with van der Waals surface area (Å²) in [5, 5.41) is 0. The van der Waals surface area contributed by atoms with Gasteiger partial charge in [-0.2, -0.15) is 0 Å². The zero-order valence-corrected chi connectivity index (χ0v) is 11.4. The van der Waals surface area contributed by atoms with Gasteiger partial charge in [0.1, 0.15) is 16.6 Å². The fourth-order valence-electron chi connectivity index (χ4n) is 1.57. The Hall–Kier alpha value is -0.740. The molecule has 1 N–H and O–H groups in total. The Morgan fingerprint density at radius 3 is 2.44 bits per heavy atom. The fraction of sp³-hybridized carbons (Fsp3) is 0.667. The number of aryl methyl sites for hydroxylation is 1. The summed E-state index contributed by atoms with van der Waals surface area (Å²) in [5.41, 5.74) is 2.11. The Kier molecular flexibility index (Phi) is 4.62. The van der Waals surface area contributed by atoms with E-state index in [0.717, 1.165) is 17.1 Å². The Morgan fingerprint density at radius 2 is 2.00 bits per heavy atom. The molecule has 4 heteroatoms. The lowest BCUT2D eigenvalue weighted by molar-refractivity contribution is 0.0230. The van der Waals surface area contributed by atoms with E-state index < -0.39 is 0 Å². The van der Waals surface area contributed by atoms with Gasteiger partial charge in [0.25, 0.3) is 0 Å². The van der Waals surface area contributed by atoms with Crippen LogP contribution in [0.5, 0.6) is 0 Å². The van der Waals surface area contributed by atoms with Crippen molar-refractivity contribution in [1.29, 1.82) is 0 Å². The number of aromatic amines is 1. The maximum absolute atomic E-state index is 5.70. The van der Waals surface area contributed by atoms with Crippen molar-refractivity contribution < 1.29 is 4.74 Å². The predicted molar refractivity (Wildman–Crippen MR) is 68.1 cm³/mol. The molecule has 16 heavy (non-hydrogen) atoms. The predicted octanol–water partition coefficient (Wildman–Crippen LogP) is 3.49. The topological polar surface area (TPSA) is 37.9 Å². The van der Waals surface area contributed by atoms with Gasteiger partial charge in [-0.25, -0.2) is 4.98 Å². The molecule has 1 unspecified atom stereocenters. The molecule has 3 nitrogen and oxygen atoms in total. The van der Waals surface area contributed by atoms with Gasteiger partial charge in [-0.1, -0.05) is 26.1 Å². The first-order valence-electron chi connectivity index (χ1n) is 5.66. The summed E-state index contributed by atoms with van der Waals surface area (Å²) in [6.45, 7) is 10.9. The zero-order chi connectivity index (χ0) is 12.3. The highest BCUT2D eigenvalue weighted by Gasteiger charge is 2.18. The van der Waals surface area contributed by atoms with Crippen LogP contribution in [-0.2, 0) is 4.74 Å². The fourth-order valence-corrected chi connectivity index (χ4v) is 1.82. The van der Waals surface area contributed by atoms with Crippen LogP contribution in [0.4, 0.5) is 0 Å². The van der Waals surface area contributed by atoms with Gasteiger partial charge in [0.15, 0.2) is 0 Å². The number of hydrogen-bond donors (Lipinski definition) is 1. The average Bonchev–Trinajstić information content (AvgIpc) is 2.21. The molecule has 0 aliphatic rings. The summed E-state index contributed by atoms with van der Waals surface area (Å²) in [4.78, 5) is 7.69. The molecular weight excluding hydrogens is 220 g/mol. The highest BCUT2D eigenvalue weighted by atomic mass is 32.1. The first-order chi connectivity index (χ1) is 7.47. The number of H-pyrrole nitrogens is 1. The molecule has 1 aromatic rings. The highest BCUT2D eigenvalue weighted by Crippen LogP contribution is 2.23. The van der Waals surface area contributed by atoms with Gasteiger partial charge in [0.05, 0.1) is 0 Å². The molecule has 0 saturated heterocycles. The van der Waals surface area contributed by atoms with Crippen molar-refractivity contribution in [2.75, 3.05) is 6.61 Å². The second-order valence-electron chi connectivity index (χ2n) is 4.30. The normalized spacial score (nSPS) is 13.1. The zero-order valence-electron chi connectivity index (χ0n) is 10.6. The molecule has 0 aliphatic heterocycles. The van der Waals surface area contributed by atoms with Crippen LogP contribution in [0.1, 0.15) is 44.0 Å². The van der Waals surface area contributed by atoms with E-state index in [1.807, 2.05) is 20.8 Å². The Balaban J connectivity index is 3.15. The Labute approximate surface area is 102 Å². The number of rotatable bonds is 4. The van der Waals surface area contributed by atoms with Crippen LogP contribution >= 0.6 is 12.2 Å². The minimum atomic E-state index is -0.00833. The minimum Gasteiger partial charge on any atom is -0.370 e. The molecule has 1 aromatic heterocycles. The van der Waals surface area contributed by atoms with E-state index in [2.05, 4.69) is 23.8 Å². The van der Waals surface area contributed by atoms with Crippen LogP contribution < -0.4 is 0 Å². The largest absolute Gasteiger partial charge is 0.370 e. The molecule has 1 rings (SSSR count). The summed E-state index contributed by atoms with van der Waals surface area (Å²) >= 11 is 5.23. The van der Waals surface area contributed by atoms with E-state index in [1.54, 1.807) is 0 Å². The maximum Gasteiger partial charge on any atom is 0.137 e. The lowest BCUT2D eigenvalue weighted by atomic mass is 10.1. The van der Waals surface area contributed by atoms with Gasteiger partial charge in [-0.15, -0.1) is 0 Å². The average molecular weight is 240 g/mol. The van der Waals surface area contributed by atoms with Crippen LogP contribution in [0.15, 0.2) is 0 Å². The van der Waals surface area contributed by atoms with E-state index >= 15 is 0 Å². The number of hydrogen-bond acceptors (Lipinski definition) is 3. The first kappa shape index (κ1) is 13.3. The van der Waals surface area contributed by atoms with Crippen molar-refractivity contribution in [3.63, 3.8) is 0 Å². The van der Waals surface area contributed by atoms with Crippen LogP contribution in [-0.4, -0.2) is 16.6 Å². The number of aromatic nitrogens is 2. The van der Waals surface area contributed by atoms with Crippen molar-refractivity contribution in [3.8, 4) is 0 Å². The molecule has 0 aliphatic carbocycles. The molecule has 1 heterocycles. The SMILES string of the molecule is CCOC(c1nc(=S)c(C)c(C)[nH]1)C(C)C. The third kappa shape index (κ3) is 2.89. The molecule has 0 saturated carbocycles. The Morgan fingerprint density at radius 1 is 1.38 bits per heavy atom. The second kappa shape index (κ2) is 5.55. The monoisotopic (exact) mass is 240 g/mol. The third-order valence-electron chi connectivity index (χ3n) is 2.64. The molecular formula is C12H20N2OS. The van der Waals surface area contributed by atoms with Gasteiger partial charge in [0.2, 0.25) is 0 Å². The lowest BCUT2D eigenvalue weighted by Gasteiger charge is -2.20.